The Labute approximate surface area is 128 Å². The molecule has 1 unspecified atom stereocenters. The summed E-state index contributed by atoms with van der Waals surface area (Å²) in [6.45, 7) is 1.81. The lowest BCUT2D eigenvalue weighted by Crippen LogP contribution is -2.24. The topological polar surface area (TPSA) is 75.6 Å². The summed E-state index contributed by atoms with van der Waals surface area (Å²) in [5.41, 5.74) is 1.54. The smallest absolute Gasteiger partial charge is 0.249 e. The molecule has 1 amide bonds. The van der Waals surface area contributed by atoms with Gasteiger partial charge < -0.3 is 5.32 Å². The maximum atomic E-state index is 12.3. The van der Waals surface area contributed by atoms with Crippen LogP contribution in [0.1, 0.15) is 13.0 Å². The van der Waals surface area contributed by atoms with Crippen molar-refractivity contribution < 1.29 is 4.79 Å². The minimum Gasteiger partial charge on any atom is -0.322 e. The van der Waals surface area contributed by atoms with Crippen LogP contribution in [-0.2, 0) is 4.79 Å². The van der Waals surface area contributed by atoms with Gasteiger partial charge in [-0.3, -0.25) is 14.6 Å². The van der Waals surface area contributed by atoms with Crippen molar-refractivity contribution in [2.45, 2.75) is 13.0 Å². The van der Waals surface area contributed by atoms with E-state index in [4.69, 9.17) is 0 Å². The molecule has 0 spiro atoms. The molecule has 0 aliphatic heterocycles. The third-order valence-corrected chi connectivity index (χ3v) is 3.64. The summed E-state index contributed by atoms with van der Waals surface area (Å²) in [6, 6.07) is 5.29. The Morgan fingerprint density at radius 2 is 2.30 bits per heavy atom. The molecule has 1 aromatic carbocycles. The molecule has 2 heterocycles. The maximum Gasteiger partial charge on any atom is 0.249 e. The van der Waals surface area contributed by atoms with Crippen molar-refractivity contribution in [1.82, 2.24) is 20.0 Å². The summed E-state index contributed by atoms with van der Waals surface area (Å²) >= 11 is 2.16. The average molecular weight is 381 g/mol. The number of hydrogen-bond donors (Lipinski definition) is 2. The van der Waals surface area contributed by atoms with E-state index in [2.05, 4.69) is 43.2 Å². The Hall–Kier alpha value is -1.90. The molecular formula is C13H12IN5O. The van der Waals surface area contributed by atoms with Crippen LogP contribution in [0.2, 0.25) is 0 Å². The zero-order valence-corrected chi connectivity index (χ0v) is 12.8. The second kappa shape index (κ2) is 5.23. The van der Waals surface area contributed by atoms with E-state index in [-0.39, 0.29) is 11.9 Å². The zero-order valence-electron chi connectivity index (χ0n) is 10.7. The van der Waals surface area contributed by atoms with Crippen LogP contribution in [0, 0.1) is 3.57 Å². The van der Waals surface area contributed by atoms with Gasteiger partial charge in [0.25, 0.3) is 0 Å². The third-order valence-electron chi connectivity index (χ3n) is 3.08. The molecule has 3 rings (SSSR count). The Morgan fingerprint density at radius 3 is 3.05 bits per heavy atom. The highest BCUT2D eigenvalue weighted by Crippen LogP contribution is 2.21. The number of aromatic nitrogens is 4. The number of hydrogen-bond acceptors (Lipinski definition) is 3. The first-order valence-corrected chi connectivity index (χ1v) is 7.15. The van der Waals surface area contributed by atoms with E-state index in [0.29, 0.717) is 0 Å². The van der Waals surface area contributed by atoms with Crippen molar-refractivity contribution in [1.29, 1.82) is 0 Å². The SMILES string of the molecule is CC(C(=O)Nc1cccc2cn[nH]c12)n1cc(I)cn1. The highest BCUT2D eigenvalue weighted by atomic mass is 127. The molecule has 0 saturated heterocycles. The molecule has 0 aliphatic carbocycles. The van der Waals surface area contributed by atoms with Gasteiger partial charge in [0.1, 0.15) is 6.04 Å². The first-order chi connectivity index (χ1) is 9.65. The second-order valence-corrected chi connectivity index (χ2v) is 5.69. The van der Waals surface area contributed by atoms with E-state index in [1.54, 1.807) is 17.1 Å². The fourth-order valence-electron chi connectivity index (χ4n) is 1.96. The quantitative estimate of drug-likeness (QED) is 0.685. The molecule has 0 fully saturated rings. The van der Waals surface area contributed by atoms with Gasteiger partial charge in [0.05, 0.1) is 27.2 Å². The summed E-state index contributed by atoms with van der Waals surface area (Å²) in [4.78, 5) is 12.3. The van der Waals surface area contributed by atoms with Crippen LogP contribution in [0.25, 0.3) is 10.9 Å². The predicted molar refractivity (Wildman–Crippen MR) is 84.4 cm³/mol. The van der Waals surface area contributed by atoms with E-state index in [1.165, 1.54) is 0 Å². The van der Waals surface area contributed by atoms with Gasteiger partial charge in [-0.2, -0.15) is 10.2 Å². The standard InChI is InChI=1S/C13H12IN5O/c1-8(19-7-10(14)6-16-19)13(20)17-11-4-2-3-9-5-15-18-12(9)11/h2-8H,1H3,(H,15,18)(H,17,20). The number of benzene rings is 1. The van der Waals surface area contributed by atoms with Crippen molar-refractivity contribution in [3.63, 3.8) is 0 Å². The van der Waals surface area contributed by atoms with E-state index < -0.39 is 0 Å². The van der Waals surface area contributed by atoms with Gasteiger partial charge in [-0.05, 0) is 35.6 Å². The Kier molecular flexibility index (Phi) is 3.43. The Balaban J connectivity index is 1.84. The van der Waals surface area contributed by atoms with Crippen molar-refractivity contribution >= 4 is 45.1 Å². The number of anilines is 1. The predicted octanol–water partition coefficient (Wildman–Crippen LogP) is 2.56. The number of para-hydroxylation sites is 1. The van der Waals surface area contributed by atoms with E-state index >= 15 is 0 Å². The summed E-state index contributed by atoms with van der Waals surface area (Å²) in [7, 11) is 0. The molecule has 1 atom stereocenters. The van der Waals surface area contributed by atoms with Crippen molar-refractivity contribution in [2.24, 2.45) is 0 Å². The van der Waals surface area contributed by atoms with E-state index in [9.17, 15) is 4.79 Å². The molecular weight excluding hydrogens is 369 g/mol. The van der Waals surface area contributed by atoms with Gasteiger partial charge in [0.15, 0.2) is 0 Å². The monoisotopic (exact) mass is 381 g/mol. The van der Waals surface area contributed by atoms with Gasteiger partial charge >= 0.3 is 0 Å². The number of rotatable bonds is 3. The molecule has 2 N–H and O–H groups in total. The zero-order chi connectivity index (χ0) is 14.1. The summed E-state index contributed by atoms with van der Waals surface area (Å²) in [5.74, 6) is -0.119. The Bertz CT molecular complexity index is 763. The highest BCUT2D eigenvalue weighted by Gasteiger charge is 2.17. The number of H-pyrrole nitrogens is 1. The van der Waals surface area contributed by atoms with E-state index in [0.717, 1.165) is 20.2 Å². The lowest BCUT2D eigenvalue weighted by Gasteiger charge is -2.13. The summed E-state index contributed by atoms with van der Waals surface area (Å²) < 4.78 is 2.64. The molecule has 6 nitrogen and oxygen atoms in total. The number of nitrogens with zero attached hydrogens (tertiary/aromatic N) is 3. The first-order valence-electron chi connectivity index (χ1n) is 6.08. The van der Waals surface area contributed by atoms with Crippen LogP contribution >= 0.6 is 22.6 Å². The lowest BCUT2D eigenvalue weighted by atomic mass is 10.2. The van der Waals surface area contributed by atoms with Gasteiger partial charge in [-0.15, -0.1) is 0 Å². The number of fused-ring (bicyclic) bond motifs is 1. The molecule has 2 aromatic heterocycles. The fraction of sp³-hybridized carbons (Fsp3) is 0.154. The molecule has 3 aromatic rings. The highest BCUT2D eigenvalue weighted by molar-refractivity contribution is 14.1. The number of carbonyl (C=O) groups is 1. The van der Waals surface area contributed by atoms with Gasteiger partial charge in [-0.1, -0.05) is 12.1 Å². The number of nitrogens with one attached hydrogen (secondary N) is 2. The second-order valence-electron chi connectivity index (χ2n) is 4.44. The van der Waals surface area contributed by atoms with Crippen molar-refractivity contribution in [3.8, 4) is 0 Å². The molecule has 20 heavy (non-hydrogen) atoms. The number of amides is 1. The van der Waals surface area contributed by atoms with Crippen molar-refractivity contribution in [3.05, 3.63) is 40.4 Å². The molecule has 0 aliphatic rings. The van der Waals surface area contributed by atoms with Gasteiger partial charge in [0, 0.05) is 11.6 Å². The summed E-state index contributed by atoms with van der Waals surface area (Å²) in [6.07, 6.45) is 5.28. The van der Waals surface area contributed by atoms with Crippen LogP contribution in [-0.4, -0.2) is 25.9 Å². The third kappa shape index (κ3) is 2.40. The van der Waals surface area contributed by atoms with E-state index in [1.807, 2.05) is 31.3 Å². The van der Waals surface area contributed by atoms with Crippen LogP contribution in [0.4, 0.5) is 5.69 Å². The van der Waals surface area contributed by atoms with Gasteiger partial charge in [0.2, 0.25) is 5.91 Å². The van der Waals surface area contributed by atoms with Gasteiger partial charge in [-0.25, -0.2) is 0 Å². The number of halogens is 1. The van der Waals surface area contributed by atoms with Crippen LogP contribution < -0.4 is 5.32 Å². The van der Waals surface area contributed by atoms with Crippen LogP contribution in [0.15, 0.2) is 36.8 Å². The average Bonchev–Trinajstić information content (AvgIpc) is 3.06. The lowest BCUT2D eigenvalue weighted by molar-refractivity contribution is -0.119. The van der Waals surface area contributed by atoms with Crippen LogP contribution in [0.5, 0.6) is 0 Å². The molecule has 0 saturated carbocycles. The first kappa shape index (κ1) is 13.1. The molecule has 0 radical (unpaired) electrons. The fourth-order valence-corrected chi connectivity index (χ4v) is 2.37. The minimum absolute atomic E-state index is 0.119. The summed E-state index contributed by atoms with van der Waals surface area (Å²) in [5, 5.41) is 14.9. The number of carbonyl (C=O) groups excluding carboxylic acids is 1. The maximum absolute atomic E-state index is 12.3. The molecule has 102 valence electrons. The minimum atomic E-state index is -0.378. The molecule has 0 bridgehead atoms. The largest absolute Gasteiger partial charge is 0.322 e. The number of aromatic amines is 1. The normalized spacial score (nSPS) is 12.5. The van der Waals surface area contributed by atoms with Crippen LogP contribution in [0.3, 0.4) is 0 Å². The molecule has 7 heteroatoms. The van der Waals surface area contributed by atoms with Crippen molar-refractivity contribution in [2.75, 3.05) is 5.32 Å². The Morgan fingerprint density at radius 1 is 1.45 bits per heavy atom.